The maximum Gasteiger partial charge on any atom is 0.309 e. The van der Waals surface area contributed by atoms with E-state index in [0.717, 1.165) is 12.1 Å². The van der Waals surface area contributed by atoms with Crippen molar-refractivity contribution < 1.29 is 28.8 Å². The zero-order valence-corrected chi connectivity index (χ0v) is 14.3. The molecule has 1 N–H and O–H groups in total. The van der Waals surface area contributed by atoms with Gasteiger partial charge in [0.1, 0.15) is 5.75 Å². The molecule has 0 fully saturated rings. The summed E-state index contributed by atoms with van der Waals surface area (Å²) in [4.78, 5) is 45.3. The third-order valence-electron chi connectivity index (χ3n) is 3.51. The lowest BCUT2D eigenvalue weighted by molar-refractivity contribution is -0.385. The fourth-order valence-electron chi connectivity index (χ4n) is 2.20. The molecule has 9 heteroatoms. The molecule has 140 valence electrons. The monoisotopic (exact) mass is 372 g/mol. The summed E-state index contributed by atoms with van der Waals surface area (Å²) in [5, 5.41) is 13.5. The van der Waals surface area contributed by atoms with Crippen LogP contribution in [0, 0.1) is 10.1 Å². The number of nitrogens with one attached hydrogen (secondary N) is 1. The van der Waals surface area contributed by atoms with E-state index in [0.29, 0.717) is 12.0 Å². The van der Waals surface area contributed by atoms with Crippen LogP contribution in [0.4, 0.5) is 11.4 Å². The molecule has 2 rings (SSSR count). The SMILES string of the molecule is COC(=O)CC(Oc1ccc([N+](=O)[O-])c(C=O)c1)C(=O)Nc1ccccc1. The number of ether oxygens (including phenoxy) is 2. The number of aldehydes is 1. The van der Waals surface area contributed by atoms with Crippen molar-refractivity contribution in [1.29, 1.82) is 0 Å². The number of carbonyl (C=O) groups is 3. The van der Waals surface area contributed by atoms with Crippen molar-refractivity contribution >= 4 is 29.5 Å². The van der Waals surface area contributed by atoms with Crippen LogP contribution in [0.5, 0.6) is 5.75 Å². The summed E-state index contributed by atoms with van der Waals surface area (Å²) >= 11 is 0. The molecule has 0 aromatic heterocycles. The standard InChI is InChI=1S/C18H16N2O7/c1-26-17(22)10-16(18(23)19-13-5-3-2-4-6-13)27-14-7-8-15(20(24)25)12(9-14)11-21/h2-9,11,16H,10H2,1H3,(H,19,23). The summed E-state index contributed by atoms with van der Waals surface area (Å²) in [5.74, 6) is -1.27. The van der Waals surface area contributed by atoms with E-state index < -0.39 is 28.6 Å². The molecule has 0 heterocycles. The molecule has 9 nitrogen and oxygen atoms in total. The number of nitro groups is 1. The molecule has 2 aromatic rings. The third-order valence-corrected chi connectivity index (χ3v) is 3.51. The Morgan fingerprint density at radius 3 is 2.52 bits per heavy atom. The summed E-state index contributed by atoms with van der Waals surface area (Å²) in [6, 6.07) is 12.0. The van der Waals surface area contributed by atoms with E-state index >= 15 is 0 Å². The fourth-order valence-corrected chi connectivity index (χ4v) is 2.20. The predicted molar refractivity (Wildman–Crippen MR) is 94.6 cm³/mol. The van der Waals surface area contributed by atoms with E-state index in [2.05, 4.69) is 10.1 Å². The van der Waals surface area contributed by atoms with Gasteiger partial charge in [-0.1, -0.05) is 18.2 Å². The number of amides is 1. The minimum Gasteiger partial charge on any atom is -0.480 e. The topological polar surface area (TPSA) is 125 Å². The first-order valence-electron chi connectivity index (χ1n) is 7.77. The van der Waals surface area contributed by atoms with Gasteiger partial charge in [-0.3, -0.25) is 24.5 Å². The van der Waals surface area contributed by atoms with Crippen molar-refractivity contribution in [2.75, 3.05) is 12.4 Å². The van der Waals surface area contributed by atoms with Crippen LogP contribution in [0.2, 0.25) is 0 Å². The van der Waals surface area contributed by atoms with Gasteiger partial charge in [0, 0.05) is 11.8 Å². The number of methoxy groups -OCH3 is 1. The second-order valence-corrected chi connectivity index (χ2v) is 5.34. The van der Waals surface area contributed by atoms with Gasteiger partial charge in [-0.15, -0.1) is 0 Å². The van der Waals surface area contributed by atoms with Crippen molar-refractivity contribution in [2.45, 2.75) is 12.5 Å². The molecule has 0 radical (unpaired) electrons. The van der Waals surface area contributed by atoms with Crippen molar-refractivity contribution in [3.05, 3.63) is 64.2 Å². The average Bonchev–Trinajstić information content (AvgIpc) is 2.67. The Bertz CT molecular complexity index is 852. The Labute approximate surface area is 154 Å². The summed E-state index contributed by atoms with van der Waals surface area (Å²) < 4.78 is 10.1. The molecular weight excluding hydrogens is 356 g/mol. The molecule has 0 spiro atoms. The number of hydrogen-bond donors (Lipinski definition) is 1. The summed E-state index contributed by atoms with van der Waals surface area (Å²) in [7, 11) is 1.17. The number of carbonyl (C=O) groups excluding carboxylic acids is 3. The number of nitro benzene ring substituents is 1. The average molecular weight is 372 g/mol. The highest BCUT2D eigenvalue weighted by Gasteiger charge is 2.25. The molecule has 1 unspecified atom stereocenters. The highest BCUT2D eigenvalue weighted by Crippen LogP contribution is 2.24. The third kappa shape index (κ3) is 5.36. The first kappa shape index (κ1) is 19.6. The van der Waals surface area contributed by atoms with E-state index in [1.54, 1.807) is 30.3 Å². The van der Waals surface area contributed by atoms with Crippen molar-refractivity contribution in [2.24, 2.45) is 0 Å². The molecular formula is C18H16N2O7. The van der Waals surface area contributed by atoms with Crippen LogP contribution in [-0.4, -0.2) is 36.3 Å². The lowest BCUT2D eigenvalue weighted by atomic mass is 10.1. The van der Waals surface area contributed by atoms with Crippen LogP contribution in [0.1, 0.15) is 16.8 Å². The van der Waals surface area contributed by atoms with Crippen molar-refractivity contribution in [1.82, 2.24) is 0 Å². The van der Waals surface area contributed by atoms with Gasteiger partial charge in [-0.05, 0) is 24.3 Å². The predicted octanol–water partition coefficient (Wildman–Crippen LogP) is 2.36. The van der Waals surface area contributed by atoms with E-state index in [1.165, 1.54) is 13.2 Å². The van der Waals surface area contributed by atoms with Crippen LogP contribution in [0.25, 0.3) is 0 Å². The van der Waals surface area contributed by atoms with E-state index in [-0.39, 0.29) is 17.7 Å². The van der Waals surface area contributed by atoms with Gasteiger partial charge < -0.3 is 14.8 Å². The number of nitrogens with zero attached hydrogens (tertiary/aromatic N) is 1. The van der Waals surface area contributed by atoms with Crippen LogP contribution in [0.15, 0.2) is 48.5 Å². The van der Waals surface area contributed by atoms with Gasteiger partial charge in [-0.2, -0.15) is 0 Å². The van der Waals surface area contributed by atoms with Crippen LogP contribution < -0.4 is 10.1 Å². The van der Waals surface area contributed by atoms with E-state index in [9.17, 15) is 24.5 Å². The van der Waals surface area contributed by atoms with Gasteiger partial charge in [0.25, 0.3) is 11.6 Å². The highest BCUT2D eigenvalue weighted by atomic mass is 16.6. The maximum atomic E-state index is 12.5. The Balaban J connectivity index is 2.23. The number of benzene rings is 2. The molecule has 2 aromatic carbocycles. The number of anilines is 1. The lowest BCUT2D eigenvalue weighted by Gasteiger charge is -2.18. The molecule has 1 amide bonds. The molecule has 0 saturated carbocycles. The zero-order chi connectivity index (χ0) is 19.8. The smallest absolute Gasteiger partial charge is 0.309 e. The van der Waals surface area contributed by atoms with Crippen molar-refractivity contribution in [3.8, 4) is 5.75 Å². The number of para-hydroxylation sites is 1. The number of hydrogen-bond acceptors (Lipinski definition) is 7. The second kappa shape index (κ2) is 9.09. The minimum absolute atomic E-state index is 0.0276. The van der Waals surface area contributed by atoms with Crippen molar-refractivity contribution in [3.63, 3.8) is 0 Å². The van der Waals surface area contributed by atoms with Crippen LogP contribution in [-0.2, 0) is 14.3 Å². The Kier molecular flexibility index (Phi) is 6.59. The first-order valence-corrected chi connectivity index (χ1v) is 7.77. The van der Waals surface area contributed by atoms with Gasteiger partial charge >= 0.3 is 5.97 Å². The largest absolute Gasteiger partial charge is 0.480 e. The van der Waals surface area contributed by atoms with Gasteiger partial charge in [0.15, 0.2) is 12.4 Å². The van der Waals surface area contributed by atoms with Crippen LogP contribution in [0.3, 0.4) is 0 Å². The molecule has 0 saturated heterocycles. The maximum absolute atomic E-state index is 12.5. The van der Waals surface area contributed by atoms with Crippen LogP contribution >= 0.6 is 0 Å². The highest BCUT2D eigenvalue weighted by molar-refractivity contribution is 5.96. The van der Waals surface area contributed by atoms with Gasteiger partial charge in [-0.25, -0.2) is 0 Å². The quantitative estimate of drug-likeness (QED) is 0.326. The zero-order valence-electron chi connectivity index (χ0n) is 14.3. The molecule has 0 aliphatic carbocycles. The van der Waals surface area contributed by atoms with Gasteiger partial charge in [0.05, 0.1) is 24.0 Å². The molecule has 0 aliphatic heterocycles. The Morgan fingerprint density at radius 1 is 1.22 bits per heavy atom. The minimum atomic E-state index is -1.27. The molecule has 1 atom stereocenters. The Hall–Kier alpha value is -3.75. The summed E-state index contributed by atoms with van der Waals surface area (Å²) in [5.41, 5.74) is -0.105. The van der Waals surface area contributed by atoms with Gasteiger partial charge in [0.2, 0.25) is 0 Å². The number of esters is 1. The summed E-state index contributed by atoms with van der Waals surface area (Å²) in [6.07, 6.45) is -1.34. The lowest BCUT2D eigenvalue weighted by Crippen LogP contribution is -2.35. The first-order chi connectivity index (χ1) is 12.9. The number of rotatable bonds is 8. The Morgan fingerprint density at radius 2 is 1.93 bits per heavy atom. The molecule has 0 bridgehead atoms. The normalized spacial score (nSPS) is 11.1. The second-order valence-electron chi connectivity index (χ2n) is 5.34. The molecule has 0 aliphatic rings. The summed E-state index contributed by atoms with van der Waals surface area (Å²) in [6.45, 7) is 0. The van der Waals surface area contributed by atoms with E-state index in [1.807, 2.05) is 0 Å². The van der Waals surface area contributed by atoms with E-state index in [4.69, 9.17) is 4.74 Å². The molecule has 27 heavy (non-hydrogen) atoms. The fraction of sp³-hybridized carbons (Fsp3) is 0.167.